The Kier molecular flexibility index (Phi) is 6.06. The van der Waals surface area contributed by atoms with Crippen LogP contribution in [0.3, 0.4) is 0 Å². The Balaban J connectivity index is 2.16. The van der Waals surface area contributed by atoms with Crippen LogP contribution in [-0.4, -0.2) is 31.4 Å². The second-order valence-corrected chi connectivity index (χ2v) is 5.07. The molecule has 2 rings (SSSR count). The van der Waals surface area contributed by atoms with Crippen LogP contribution >= 0.6 is 0 Å². The fourth-order valence-corrected chi connectivity index (χ4v) is 2.12. The quantitative estimate of drug-likeness (QED) is 0.626. The van der Waals surface area contributed by atoms with Gasteiger partial charge in [-0.25, -0.2) is 4.79 Å². The van der Waals surface area contributed by atoms with Gasteiger partial charge in [-0.2, -0.15) is 0 Å². The topological polar surface area (TPSA) is 84.5 Å². The van der Waals surface area contributed by atoms with Crippen LogP contribution in [0.25, 0.3) is 0 Å². The van der Waals surface area contributed by atoms with Gasteiger partial charge < -0.3 is 15.4 Å². The smallest absolute Gasteiger partial charge is 0.337 e. The Morgan fingerprint density at radius 1 is 1.00 bits per heavy atom. The summed E-state index contributed by atoms with van der Waals surface area (Å²) in [5, 5.41) is 5.37. The van der Waals surface area contributed by atoms with Crippen molar-refractivity contribution in [2.24, 2.45) is 0 Å². The molecule has 0 heterocycles. The van der Waals surface area contributed by atoms with Gasteiger partial charge >= 0.3 is 5.97 Å². The van der Waals surface area contributed by atoms with E-state index in [0.717, 1.165) is 0 Å². The van der Waals surface area contributed by atoms with E-state index in [2.05, 4.69) is 21.9 Å². The standard InChI is InChI=1S/C19H18N2O4/c1-3-12-20-18(23)15-6-4-5-7-16(15)21-17(22)13-8-10-14(11-9-13)19(24)25-2/h3-11H,1,12H2,2H3,(H,20,23)(H,21,22). The predicted octanol–water partition coefficient (Wildman–Crippen LogP) is 2.64. The number of carbonyl (C=O) groups is 3. The van der Waals surface area contributed by atoms with E-state index in [1.54, 1.807) is 30.3 Å². The van der Waals surface area contributed by atoms with Gasteiger partial charge in [0.2, 0.25) is 0 Å². The fraction of sp³-hybridized carbons (Fsp3) is 0.105. The van der Waals surface area contributed by atoms with E-state index in [1.165, 1.54) is 31.4 Å². The minimum absolute atomic E-state index is 0.308. The Bertz CT molecular complexity index is 797. The third kappa shape index (κ3) is 4.54. The molecule has 0 aliphatic rings. The van der Waals surface area contributed by atoms with E-state index in [-0.39, 0.29) is 11.8 Å². The second-order valence-electron chi connectivity index (χ2n) is 5.07. The van der Waals surface area contributed by atoms with E-state index in [0.29, 0.717) is 28.9 Å². The second kappa shape index (κ2) is 8.44. The molecule has 2 amide bonds. The third-order valence-electron chi connectivity index (χ3n) is 3.40. The van der Waals surface area contributed by atoms with Crippen LogP contribution in [0, 0.1) is 0 Å². The molecule has 2 aromatic rings. The van der Waals surface area contributed by atoms with Gasteiger partial charge in [0.15, 0.2) is 0 Å². The minimum Gasteiger partial charge on any atom is -0.465 e. The molecule has 2 N–H and O–H groups in total. The molecular weight excluding hydrogens is 320 g/mol. The van der Waals surface area contributed by atoms with Crippen molar-refractivity contribution in [2.75, 3.05) is 19.0 Å². The van der Waals surface area contributed by atoms with E-state index in [1.807, 2.05) is 0 Å². The Labute approximate surface area is 145 Å². The summed E-state index contributed by atoms with van der Waals surface area (Å²) in [5.74, 6) is -1.17. The molecule has 0 aromatic heterocycles. The highest BCUT2D eigenvalue weighted by molar-refractivity contribution is 6.09. The molecule has 0 spiro atoms. The lowest BCUT2D eigenvalue weighted by Crippen LogP contribution is -2.25. The molecule has 0 aliphatic carbocycles. The molecule has 25 heavy (non-hydrogen) atoms. The molecule has 6 nitrogen and oxygen atoms in total. The molecule has 0 bridgehead atoms. The molecule has 0 unspecified atom stereocenters. The van der Waals surface area contributed by atoms with Gasteiger partial charge in [-0.3, -0.25) is 9.59 Å². The number of methoxy groups -OCH3 is 1. The number of benzene rings is 2. The molecule has 0 saturated heterocycles. The Morgan fingerprint density at radius 3 is 2.28 bits per heavy atom. The first-order valence-corrected chi connectivity index (χ1v) is 7.54. The highest BCUT2D eigenvalue weighted by atomic mass is 16.5. The summed E-state index contributed by atoms with van der Waals surface area (Å²) < 4.78 is 4.62. The molecular formula is C19H18N2O4. The first-order chi connectivity index (χ1) is 12.1. The van der Waals surface area contributed by atoms with Crippen LogP contribution in [0.1, 0.15) is 31.1 Å². The SMILES string of the molecule is C=CCNC(=O)c1ccccc1NC(=O)c1ccc(C(=O)OC)cc1. The average molecular weight is 338 g/mol. The van der Waals surface area contributed by atoms with Gasteiger partial charge in [0.25, 0.3) is 11.8 Å². The summed E-state index contributed by atoms with van der Waals surface area (Å²) in [6, 6.07) is 12.7. The number of hydrogen-bond acceptors (Lipinski definition) is 4. The fourth-order valence-electron chi connectivity index (χ4n) is 2.12. The molecule has 0 radical (unpaired) electrons. The van der Waals surface area contributed by atoms with Crippen LogP contribution in [0.4, 0.5) is 5.69 Å². The van der Waals surface area contributed by atoms with Crippen molar-refractivity contribution in [1.29, 1.82) is 0 Å². The monoisotopic (exact) mass is 338 g/mol. The van der Waals surface area contributed by atoms with Crippen molar-refractivity contribution < 1.29 is 19.1 Å². The first-order valence-electron chi connectivity index (χ1n) is 7.54. The first kappa shape index (κ1) is 17.9. The van der Waals surface area contributed by atoms with Crippen molar-refractivity contribution >= 4 is 23.5 Å². The van der Waals surface area contributed by atoms with Crippen molar-refractivity contribution in [3.63, 3.8) is 0 Å². The molecule has 0 fully saturated rings. The number of anilines is 1. The van der Waals surface area contributed by atoms with Crippen molar-refractivity contribution in [3.05, 3.63) is 77.9 Å². The molecule has 0 aliphatic heterocycles. The maximum absolute atomic E-state index is 12.4. The lowest BCUT2D eigenvalue weighted by atomic mass is 10.1. The van der Waals surface area contributed by atoms with Gasteiger partial charge in [0, 0.05) is 12.1 Å². The number of hydrogen-bond donors (Lipinski definition) is 2. The third-order valence-corrected chi connectivity index (χ3v) is 3.40. The van der Waals surface area contributed by atoms with Crippen molar-refractivity contribution in [1.82, 2.24) is 5.32 Å². The number of ether oxygens (including phenoxy) is 1. The van der Waals surface area contributed by atoms with Gasteiger partial charge in [0.05, 0.1) is 23.9 Å². The highest BCUT2D eigenvalue weighted by Gasteiger charge is 2.14. The summed E-state index contributed by atoms with van der Waals surface area (Å²) in [6.45, 7) is 3.87. The largest absolute Gasteiger partial charge is 0.465 e. The number of esters is 1. The molecule has 0 atom stereocenters. The summed E-state index contributed by atoms with van der Waals surface area (Å²) in [5.41, 5.74) is 1.45. The predicted molar refractivity (Wildman–Crippen MR) is 94.7 cm³/mol. The number of nitrogens with one attached hydrogen (secondary N) is 2. The highest BCUT2D eigenvalue weighted by Crippen LogP contribution is 2.16. The van der Waals surface area contributed by atoms with Crippen LogP contribution < -0.4 is 10.6 Å². The zero-order chi connectivity index (χ0) is 18.2. The average Bonchev–Trinajstić information content (AvgIpc) is 2.66. The molecule has 2 aromatic carbocycles. The molecule has 0 saturated carbocycles. The van der Waals surface area contributed by atoms with Crippen LogP contribution in [-0.2, 0) is 4.74 Å². The zero-order valence-corrected chi connectivity index (χ0v) is 13.7. The van der Waals surface area contributed by atoms with Crippen LogP contribution in [0.2, 0.25) is 0 Å². The lowest BCUT2D eigenvalue weighted by Gasteiger charge is -2.11. The van der Waals surface area contributed by atoms with Crippen molar-refractivity contribution in [2.45, 2.75) is 0 Å². The number of amides is 2. The van der Waals surface area contributed by atoms with E-state index < -0.39 is 5.97 Å². The summed E-state index contributed by atoms with van der Waals surface area (Å²) in [7, 11) is 1.29. The van der Waals surface area contributed by atoms with E-state index >= 15 is 0 Å². The Hall–Kier alpha value is -3.41. The van der Waals surface area contributed by atoms with Crippen LogP contribution in [0.15, 0.2) is 61.2 Å². The summed E-state index contributed by atoms with van der Waals surface area (Å²) in [6.07, 6.45) is 1.57. The summed E-state index contributed by atoms with van der Waals surface area (Å²) in [4.78, 5) is 35.9. The normalized spacial score (nSPS) is 9.80. The van der Waals surface area contributed by atoms with E-state index in [4.69, 9.17) is 0 Å². The lowest BCUT2D eigenvalue weighted by molar-refractivity contribution is 0.0600. The van der Waals surface area contributed by atoms with Gasteiger partial charge in [-0.05, 0) is 36.4 Å². The summed E-state index contributed by atoms with van der Waals surface area (Å²) >= 11 is 0. The minimum atomic E-state index is -0.476. The van der Waals surface area contributed by atoms with Crippen LogP contribution in [0.5, 0.6) is 0 Å². The number of rotatable bonds is 6. The van der Waals surface area contributed by atoms with Gasteiger partial charge in [-0.1, -0.05) is 18.2 Å². The van der Waals surface area contributed by atoms with E-state index in [9.17, 15) is 14.4 Å². The Morgan fingerprint density at radius 2 is 1.64 bits per heavy atom. The van der Waals surface area contributed by atoms with Crippen molar-refractivity contribution in [3.8, 4) is 0 Å². The number of para-hydroxylation sites is 1. The maximum Gasteiger partial charge on any atom is 0.337 e. The molecule has 6 heteroatoms. The number of carbonyl (C=O) groups excluding carboxylic acids is 3. The van der Waals surface area contributed by atoms with Gasteiger partial charge in [0.1, 0.15) is 0 Å². The van der Waals surface area contributed by atoms with Gasteiger partial charge in [-0.15, -0.1) is 6.58 Å². The maximum atomic E-state index is 12.4. The molecule has 128 valence electrons. The zero-order valence-electron chi connectivity index (χ0n) is 13.7.